The number of carbonyl (C=O) groups excluding carboxylic acids is 4. The van der Waals surface area contributed by atoms with Crippen molar-refractivity contribution in [1.82, 2.24) is 19.9 Å². The maximum atomic E-state index is 13.6. The zero-order chi connectivity index (χ0) is 27.7. The Morgan fingerprint density at radius 1 is 1.13 bits per heavy atom. The van der Waals surface area contributed by atoms with Crippen molar-refractivity contribution in [3.05, 3.63) is 36.0 Å². The fraction of sp³-hybridized carbons (Fsp3) is 0.556. The SMILES string of the molecule is COc1ccccc1N(CC1CCCC(C)(C)O1)C(=O)Cc1noc(CN2C(=O)C(=O)N(CC3CC3)C2=O)n1. The molecule has 5 rings (SSSR count). The third-order valence-corrected chi connectivity index (χ3v) is 7.24. The number of hydrogen-bond acceptors (Lipinski definition) is 9. The molecule has 2 saturated heterocycles. The van der Waals surface area contributed by atoms with E-state index in [9.17, 15) is 19.2 Å². The Kier molecular flexibility index (Phi) is 7.39. The first-order valence-corrected chi connectivity index (χ1v) is 13.2. The van der Waals surface area contributed by atoms with E-state index in [-0.39, 0.29) is 54.8 Å². The average Bonchev–Trinajstić information content (AvgIpc) is 3.59. The average molecular weight is 540 g/mol. The van der Waals surface area contributed by atoms with Gasteiger partial charge in [0.1, 0.15) is 12.3 Å². The van der Waals surface area contributed by atoms with E-state index in [1.165, 1.54) is 0 Å². The summed E-state index contributed by atoms with van der Waals surface area (Å²) in [5.41, 5.74) is 0.323. The van der Waals surface area contributed by atoms with Gasteiger partial charge in [-0.25, -0.2) is 9.69 Å². The third-order valence-electron chi connectivity index (χ3n) is 7.24. The molecule has 1 atom stereocenters. The van der Waals surface area contributed by atoms with E-state index in [0.29, 0.717) is 18.0 Å². The molecular weight excluding hydrogens is 506 g/mol. The Hall–Kier alpha value is -3.80. The molecule has 0 bridgehead atoms. The lowest BCUT2D eigenvalue weighted by atomic mass is 9.95. The van der Waals surface area contributed by atoms with E-state index in [1.807, 2.05) is 26.0 Å². The second-order valence-corrected chi connectivity index (χ2v) is 10.9. The lowest BCUT2D eigenvalue weighted by Gasteiger charge is -2.38. The van der Waals surface area contributed by atoms with Crippen molar-refractivity contribution >= 4 is 29.4 Å². The van der Waals surface area contributed by atoms with Crippen molar-refractivity contribution in [3.8, 4) is 5.75 Å². The third kappa shape index (κ3) is 5.95. The number of ether oxygens (including phenoxy) is 2. The van der Waals surface area contributed by atoms with Crippen LogP contribution in [0.3, 0.4) is 0 Å². The minimum atomic E-state index is -0.922. The predicted molar refractivity (Wildman–Crippen MR) is 137 cm³/mol. The molecule has 12 nitrogen and oxygen atoms in total. The monoisotopic (exact) mass is 539 g/mol. The molecule has 1 aromatic carbocycles. The van der Waals surface area contributed by atoms with Crippen molar-refractivity contribution in [2.45, 2.75) is 70.6 Å². The second kappa shape index (κ2) is 10.8. The van der Waals surface area contributed by atoms with Crippen LogP contribution in [-0.2, 0) is 32.1 Å². The number of para-hydroxylation sites is 2. The van der Waals surface area contributed by atoms with Gasteiger partial charge in [0, 0.05) is 6.54 Å². The molecule has 3 aliphatic rings. The number of benzene rings is 1. The number of urea groups is 1. The molecule has 3 heterocycles. The van der Waals surface area contributed by atoms with Crippen LogP contribution in [-0.4, -0.2) is 75.6 Å². The lowest BCUT2D eigenvalue weighted by Crippen LogP contribution is -2.45. The lowest BCUT2D eigenvalue weighted by molar-refractivity contribution is -0.143. The summed E-state index contributed by atoms with van der Waals surface area (Å²) in [4.78, 5) is 58.5. The highest BCUT2D eigenvalue weighted by Crippen LogP contribution is 2.33. The number of aromatic nitrogens is 2. The molecule has 208 valence electrons. The summed E-state index contributed by atoms with van der Waals surface area (Å²) in [7, 11) is 1.55. The van der Waals surface area contributed by atoms with E-state index in [2.05, 4.69) is 10.1 Å². The van der Waals surface area contributed by atoms with Gasteiger partial charge in [0.2, 0.25) is 11.8 Å². The van der Waals surface area contributed by atoms with Crippen molar-refractivity contribution in [2.75, 3.05) is 25.1 Å². The maximum Gasteiger partial charge on any atom is 0.334 e. The van der Waals surface area contributed by atoms with E-state index >= 15 is 0 Å². The Morgan fingerprint density at radius 2 is 1.87 bits per heavy atom. The highest BCUT2D eigenvalue weighted by Gasteiger charge is 2.46. The van der Waals surface area contributed by atoms with Crippen LogP contribution in [0.2, 0.25) is 0 Å². The van der Waals surface area contributed by atoms with Gasteiger partial charge in [0.05, 0.1) is 37.5 Å². The molecule has 5 amide bonds. The summed E-state index contributed by atoms with van der Waals surface area (Å²) in [5.74, 6) is -1.21. The highest BCUT2D eigenvalue weighted by atomic mass is 16.5. The van der Waals surface area contributed by atoms with E-state index < -0.39 is 17.8 Å². The molecule has 2 aromatic rings. The Labute approximate surface area is 226 Å². The number of amides is 5. The smallest absolute Gasteiger partial charge is 0.334 e. The van der Waals surface area contributed by atoms with Gasteiger partial charge in [-0.2, -0.15) is 4.98 Å². The Morgan fingerprint density at radius 3 is 2.59 bits per heavy atom. The number of anilines is 1. The van der Waals surface area contributed by atoms with E-state index in [1.54, 1.807) is 24.1 Å². The zero-order valence-corrected chi connectivity index (χ0v) is 22.4. The number of nitrogens with zero attached hydrogens (tertiary/aromatic N) is 5. The zero-order valence-electron chi connectivity index (χ0n) is 22.4. The number of methoxy groups -OCH3 is 1. The first-order valence-electron chi connectivity index (χ1n) is 13.2. The van der Waals surface area contributed by atoms with Crippen molar-refractivity contribution in [3.63, 3.8) is 0 Å². The van der Waals surface area contributed by atoms with Gasteiger partial charge in [-0.1, -0.05) is 17.3 Å². The minimum Gasteiger partial charge on any atom is -0.495 e. The van der Waals surface area contributed by atoms with Crippen LogP contribution >= 0.6 is 0 Å². The van der Waals surface area contributed by atoms with Gasteiger partial charge in [-0.15, -0.1) is 0 Å². The minimum absolute atomic E-state index is 0.0400. The van der Waals surface area contributed by atoms with Crippen LogP contribution in [0.1, 0.15) is 57.7 Å². The molecule has 12 heteroatoms. The van der Waals surface area contributed by atoms with Crippen LogP contribution in [0, 0.1) is 5.92 Å². The normalized spacial score (nSPS) is 21.0. The number of rotatable bonds is 10. The first kappa shape index (κ1) is 26.8. The van der Waals surface area contributed by atoms with E-state index in [4.69, 9.17) is 14.0 Å². The van der Waals surface area contributed by atoms with Crippen LogP contribution in [0.25, 0.3) is 0 Å². The van der Waals surface area contributed by atoms with Gasteiger partial charge in [-0.3, -0.25) is 19.3 Å². The fourth-order valence-electron chi connectivity index (χ4n) is 5.05. The van der Waals surface area contributed by atoms with Crippen molar-refractivity contribution < 1.29 is 33.2 Å². The fourth-order valence-corrected chi connectivity index (χ4v) is 5.05. The summed E-state index contributed by atoms with van der Waals surface area (Å²) < 4.78 is 17.0. The predicted octanol–water partition coefficient (Wildman–Crippen LogP) is 2.70. The molecule has 0 spiro atoms. The molecule has 0 radical (unpaired) electrons. The van der Waals surface area contributed by atoms with Gasteiger partial charge in [0.15, 0.2) is 5.82 Å². The second-order valence-electron chi connectivity index (χ2n) is 10.9. The van der Waals surface area contributed by atoms with Crippen LogP contribution < -0.4 is 9.64 Å². The topological polar surface area (TPSA) is 135 Å². The number of imide groups is 2. The number of carbonyl (C=O) groups is 4. The van der Waals surface area contributed by atoms with Crippen LogP contribution in [0.4, 0.5) is 10.5 Å². The van der Waals surface area contributed by atoms with E-state index in [0.717, 1.165) is 41.9 Å². The summed E-state index contributed by atoms with van der Waals surface area (Å²) in [5, 5.41) is 3.89. The summed E-state index contributed by atoms with van der Waals surface area (Å²) >= 11 is 0. The quantitative estimate of drug-likeness (QED) is 0.330. The number of hydrogen-bond donors (Lipinski definition) is 0. The van der Waals surface area contributed by atoms with Crippen LogP contribution in [0.15, 0.2) is 28.8 Å². The van der Waals surface area contributed by atoms with Crippen molar-refractivity contribution in [1.29, 1.82) is 0 Å². The highest BCUT2D eigenvalue weighted by molar-refractivity contribution is 6.44. The van der Waals surface area contributed by atoms with Gasteiger partial charge in [-0.05, 0) is 64.0 Å². The molecule has 1 aliphatic carbocycles. The first-order chi connectivity index (χ1) is 18.6. The standard InChI is InChI=1S/C27H33N5O7/c1-27(2)12-6-7-18(38-27)15-30(19-8-4-5-9-20(19)37-3)23(33)13-21-28-22(39-29-21)16-32-25(35)24(34)31(26(32)36)14-17-10-11-17/h4-5,8-9,17-18H,6-7,10-16H2,1-3H3. The summed E-state index contributed by atoms with van der Waals surface area (Å²) in [6.07, 6.45) is 4.28. The molecule has 2 aliphatic heterocycles. The van der Waals surface area contributed by atoms with Gasteiger partial charge in [0.25, 0.3) is 0 Å². The molecule has 0 N–H and O–H groups in total. The Balaban J connectivity index is 1.29. The summed E-state index contributed by atoms with van der Waals surface area (Å²) in [6.45, 7) is 4.31. The van der Waals surface area contributed by atoms with Crippen molar-refractivity contribution in [2.24, 2.45) is 5.92 Å². The summed E-state index contributed by atoms with van der Waals surface area (Å²) in [6, 6.07) is 6.56. The molecule has 1 aromatic heterocycles. The van der Waals surface area contributed by atoms with Gasteiger partial charge >= 0.3 is 17.8 Å². The molecule has 1 unspecified atom stereocenters. The van der Waals surface area contributed by atoms with Gasteiger partial charge < -0.3 is 18.9 Å². The Bertz CT molecular complexity index is 1270. The molecule has 1 saturated carbocycles. The molecule has 39 heavy (non-hydrogen) atoms. The molecule has 3 fully saturated rings. The molecular formula is C27H33N5O7. The largest absolute Gasteiger partial charge is 0.495 e. The maximum absolute atomic E-state index is 13.6. The van der Waals surface area contributed by atoms with Crippen LogP contribution in [0.5, 0.6) is 5.75 Å².